The zero-order valence-electron chi connectivity index (χ0n) is 8.43. The first kappa shape index (κ1) is 12.4. The Balaban J connectivity index is 0.000000500. The average Bonchev–Trinajstić information content (AvgIpc) is 2.18. The zero-order chi connectivity index (χ0) is 10.8. The Morgan fingerprint density at radius 2 is 2.21 bits per heavy atom. The molecule has 0 spiro atoms. The van der Waals surface area contributed by atoms with E-state index in [2.05, 4.69) is 18.8 Å². The van der Waals surface area contributed by atoms with Crippen LogP contribution in [0.25, 0.3) is 0 Å². The molecule has 0 amide bonds. The van der Waals surface area contributed by atoms with Crippen molar-refractivity contribution in [3.8, 4) is 5.75 Å². The van der Waals surface area contributed by atoms with E-state index in [1.807, 2.05) is 0 Å². The second-order valence-electron chi connectivity index (χ2n) is 2.58. The number of hydrogen-bond donors (Lipinski definition) is 1. The van der Waals surface area contributed by atoms with E-state index in [0.717, 1.165) is 0 Å². The first-order valence-corrected chi connectivity index (χ1v) is 4.45. The topological polar surface area (TPSA) is 59.4 Å². The molecule has 0 atom stereocenters. The van der Waals surface area contributed by atoms with Crippen LogP contribution in [0.4, 0.5) is 0 Å². The molecule has 0 saturated carbocycles. The van der Waals surface area contributed by atoms with Gasteiger partial charge >= 0.3 is 5.97 Å². The fourth-order valence-electron chi connectivity index (χ4n) is 0.578. The molecule has 0 bridgehead atoms. The summed E-state index contributed by atoms with van der Waals surface area (Å²) in [6.45, 7) is 3.92. The van der Waals surface area contributed by atoms with Crippen LogP contribution in [0.2, 0.25) is 0 Å². The number of rotatable bonds is 3. The summed E-state index contributed by atoms with van der Waals surface area (Å²) in [7, 11) is 0. The van der Waals surface area contributed by atoms with Crippen LogP contribution >= 0.6 is 0 Å². The van der Waals surface area contributed by atoms with Gasteiger partial charge in [-0.3, -0.25) is 4.98 Å². The molecule has 0 aromatic carbocycles. The normalized spacial score (nSPS) is 8.43. The Kier molecular flexibility index (Phi) is 7.13. The maximum atomic E-state index is 10.0. The van der Waals surface area contributed by atoms with E-state index >= 15 is 0 Å². The van der Waals surface area contributed by atoms with Crippen molar-refractivity contribution in [3.63, 3.8) is 0 Å². The Bertz CT molecular complexity index is 249. The predicted molar refractivity (Wildman–Crippen MR) is 53.3 cm³/mol. The van der Waals surface area contributed by atoms with Crippen LogP contribution in [-0.2, 0) is 4.79 Å². The molecule has 1 aromatic heterocycles. The van der Waals surface area contributed by atoms with E-state index < -0.39 is 5.97 Å². The minimum Gasteiger partial charge on any atom is -0.480 e. The summed E-state index contributed by atoms with van der Waals surface area (Å²) in [5.74, 6) is -0.524. The van der Waals surface area contributed by atoms with Crippen molar-refractivity contribution >= 4 is 5.97 Å². The van der Waals surface area contributed by atoms with Gasteiger partial charge in [0.2, 0.25) is 0 Å². The van der Waals surface area contributed by atoms with Gasteiger partial charge in [0.15, 0.2) is 6.61 Å². The van der Waals surface area contributed by atoms with Crippen molar-refractivity contribution in [3.05, 3.63) is 24.5 Å². The quantitative estimate of drug-likeness (QED) is 0.804. The van der Waals surface area contributed by atoms with E-state index in [9.17, 15) is 4.79 Å². The van der Waals surface area contributed by atoms with Gasteiger partial charge < -0.3 is 9.84 Å². The number of carboxylic acids is 1. The van der Waals surface area contributed by atoms with Gasteiger partial charge in [0.05, 0.1) is 6.20 Å². The van der Waals surface area contributed by atoms with Gasteiger partial charge in [0.1, 0.15) is 5.75 Å². The van der Waals surface area contributed by atoms with Crippen LogP contribution in [0.1, 0.15) is 20.3 Å². The lowest BCUT2D eigenvalue weighted by molar-refractivity contribution is -0.139. The van der Waals surface area contributed by atoms with Crippen LogP contribution in [0.15, 0.2) is 24.5 Å². The summed E-state index contributed by atoms with van der Waals surface area (Å²) < 4.78 is 4.81. The highest BCUT2D eigenvalue weighted by atomic mass is 16.5. The van der Waals surface area contributed by atoms with Gasteiger partial charge in [-0.05, 0) is 12.1 Å². The predicted octanol–water partition coefficient (Wildman–Crippen LogP) is 1.96. The first-order valence-electron chi connectivity index (χ1n) is 4.45. The summed E-state index contributed by atoms with van der Waals surface area (Å²) in [5.41, 5.74) is 0. The third kappa shape index (κ3) is 7.09. The van der Waals surface area contributed by atoms with Gasteiger partial charge in [-0.15, -0.1) is 0 Å². The highest BCUT2D eigenvalue weighted by Crippen LogP contribution is 2.04. The molecule has 4 nitrogen and oxygen atoms in total. The average molecular weight is 197 g/mol. The Hall–Kier alpha value is -1.58. The number of carbonyl (C=O) groups is 1. The number of pyridine rings is 1. The Morgan fingerprint density at radius 1 is 1.57 bits per heavy atom. The summed E-state index contributed by atoms with van der Waals surface area (Å²) >= 11 is 0. The van der Waals surface area contributed by atoms with E-state index in [4.69, 9.17) is 9.84 Å². The maximum absolute atomic E-state index is 10.0. The van der Waals surface area contributed by atoms with E-state index in [1.54, 1.807) is 18.3 Å². The van der Waals surface area contributed by atoms with E-state index in [0.29, 0.717) is 5.75 Å². The molecule has 1 rings (SSSR count). The largest absolute Gasteiger partial charge is 0.480 e. The van der Waals surface area contributed by atoms with Crippen molar-refractivity contribution < 1.29 is 14.6 Å². The van der Waals surface area contributed by atoms with E-state index in [1.165, 1.54) is 12.6 Å². The standard InChI is InChI=1S/C7H7NO3.C3H8/c9-7(10)5-11-6-2-1-3-8-4-6;1-3-2/h1-4H,5H2,(H,9,10);3H2,1-2H3. The highest BCUT2D eigenvalue weighted by Gasteiger charge is 1.96. The highest BCUT2D eigenvalue weighted by molar-refractivity contribution is 5.68. The van der Waals surface area contributed by atoms with Crippen molar-refractivity contribution in [2.45, 2.75) is 20.3 Å². The second kappa shape index (κ2) is 8.04. The van der Waals surface area contributed by atoms with Gasteiger partial charge in [-0.25, -0.2) is 4.79 Å². The number of nitrogens with zero attached hydrogens (tertiary/aromatic N) is 1. The van der Waals surface area contributed by atoms with Crippen LogP contribution in [-0.4, -0.2) is 22.7 Å². The molecule has 0 aliphatic rings. The summed E-state index contributed by atoms with van der Waals surface area (Å²) in [5, 5.41) is 8.23. The van der Waals surface area contributed by atoms with Gasteiger partial charge in [0, 0.05) is 6.20 Å². The Labute approximate surface area is 83.6 Å². The number of ether oxygens (including phenoxy) is 1. The molecule has 1 N–H and O–H groups in total. The third-order valence-electron chi connectivity index (χ3n) is 0.997. The zero-order valence-corrected chi connectivity index (χ0v) is 8.43. The lowest BCUT2D eigenvalue weighted by atomic mass is 10.5. The second-order valence-corrected chi connectivity index (χ2v) is 2.58. The van der Waals surface area contributed by atoms with Crippen molar-refractivity contribution in [2.24, 2.45) is 0 Å². The first-order chi connectivity index (χ1) is 6.70. The summed E-state index contributed by atoms with van der Waals surface area (Å²) in [6.07, 6.45) is 4.30. The molecule has 0 radical (unpaired) electrons. The van der Waals surface area contributed by atoms with Crippen molar-refractivity contribution in [2.75, 3.05) is 6.61 Å². The molecule has 0 saturated heterocycles. The smallest absolute Gasteiger partial charge is 0.341 e. The number of hydrogen-bond acceptors (Lipinski definition) is 3. The fraction of sp³-hybridized carbons (Fsp3) is 0.400. The van der Waals surface area contributed by atoms with Crippen LogP contribution in [0, 0.1) is 0 Å². The minimum absolute atomic E-state index is 0.328. The molecule has 0 unspecified atom stereocenters. The monoisotopic (exact) mass is 197 g/mol. The Morgan fingerprint density at radius 3 is 2.64 bits per heavy atom. The van der Waals surface area contributed by atoms with E-state index in [-0.39, 0.29) is 6.61 Å². The van der Waals surface area contributed by atoms with Crippen LogP contribution in [0.5, 0.6) is 5.75 Å². The third-order valence-corrected chi connectivity index (χ3v) is 0.997. The molecule has 0 aliphatic carbocycles. The fourth-order valence-corrected chi connectivity index (χ4v) is 0.578. The summed E-state index contributed by atoms with van der Waals surface area (Å²) in [4.78, 5) is 13.8. The molecule has 0 aliphatic heterocycles. The van der Waals surface area contributed by atoms with Crippen LogP contribution < -0.4 is 4.74 Å². The molecule has 1 aromatic rings. The SMILES string of the molecule is CCC.O=C(O)COc1cccnc1. The molecule has 0 fully saturated rings. The molecule has 78 valence electrons. The molecule has 4 heteroatoms. The lowest BCUT2D eigenvalue weighted by Crippen LogP contribution is -2.09. The molecular weight excluding hydrogens is 182 g/mol. The van der Waals surface area contributed by atoms with Gasteiger partial charge in [0.25, 0.3) is 0 Å². The lowest BCUT2D eigenvalue weighted by Gasteiger charge is -1.99. The molecular formula is C10H15NO3. The number of aromatic nitrogens is 1. The van der Waals surface area contributed by atoms with Crippen molar-refractivity contribution in [1.82, 2.24) is 4.98 Å². The maximum Gasteiger partial charge on any atom is 0.341 e. The van der Waals surface area contributed by atoms with Gasteiger partial charge in [-0.2, -0.15) is 0 Å². The van der Waals surface area contributed by atoms with Crippen LogP contribution in [0.3, 0.4) is 0 Å². The minimum atomic E-state index is -0.992. The van der Waals surface area contributed by atoms with Crippen molar-refractivity contribution in [1.29, 1.82) is 0 Å². The summed E-state index contributed by atoms with van der Waals surface area (Å²) in [6, 6.07) is 3.33. The number of carboxylic acid groups (broad SMARTS) is 1. The molecule has 1 heterocycles. The molecule has 14 heavy (non-hydrogen) atoms. The van der Waals surface area contributed by atoms with Gasteiger partial charge in [-0.1, -0.05) is 20.3 Å². The number of aliphatic carboxylic acids is 1.